The van der Waals surface area contributed by atoms with Crippen LogP contribution in [0.5, 0.6) is 0 Å². The van der Waals surface area contributed by atoms with Crippen LogP contribution in [0.25, 0.3) is 0 Å². The number of aryl methyl sites for hydroxylation is 1. The summed E-state index contributed by atoms with van der Waals surface area (Å²) in [6.45, 7) is 9.72. The average Bonchev–Trinajstić information content (AvgIpc) is 3.43. The van der Waals surface area contributed by atoms with Crippen molar-refractivity contribution in [3.8, 4) is 0 Å². The maximum atomic E-state index is 12.7. The number of amides is 1. The smallest absolute Gasteiger partial charge is 0.475 e. The molecule has 1 aromatic carbocycles. The number of benzene rings is 1. The third-order valence-corrected chi connectivity index (χ3v) is 6.36. The molecule has 4 atom stereocenters. The summed E-state index contributed by atoms with van der Waals surface area (Å²) in [4.78, 5) is 24.2. The third kappa shape index (κ3) is 5.76. The molecule has 1 aromatic heterocycles. The van der Waals surface area contributed by atoms with Crippen LogP contribution in [0.1, 0.15) is 59.7 Å². The summed E-state index contributed by atoms with van der Waals surface area (Å²) in [5, 5.41) is 10.4. The SMILES string of the molecule is CCC(C)CN1C[C@@H]2[C@H](NC(=O)c3ccc(C)o3)c3ccccc3[C@@H]2C1.O=C(O)C(F)(F)F. The Labute approximate surface area is 190 Å². The van der Waals surface area contributed by atoms with Crippen molar-refractivity contribution in [2.24, 2.45) is 11.8 Å². The number of fused-ring (bicyclic) bond motifs is 3. The summed E-state index contributed by atoms with van der Waals surface area (Å²) in [6, 6.07) is 12.3. The zero-order chi connectivity index (χ0) is 24.3. The van der Waals surface area contributed by atoms with E-state index >= 15 is 0 Å². The number of nitrogens with one attached hydrogen (secondary N) is 1. The number of nitrogens with zero attached hydrogens (tertiary/aromatic N) is 1. The van der Waals surface area contributed by atoms with E-state index in [1.54, 1.807) is 6.07 Å². The Morgan fingerprint density at radius 1 is 1.18 bits per heavy atom. The van der Waals surface area contributed by atoms with Gasteiger partial charge in [-0.25, -0.2) is 4.79 Å². The molecule has 1 saturated heterocycles. The lowest BCUT2D eigenvalue weighted by molar-refractivity contribution is -0.192. The van der Waals surface area contributed by atoms with Crippen molar-refractivity contribution < 1.29 is 32.3 Å². The summed E-state index contributed by atoms with van der Waals surface area (Å²) >= 11 is 0. The van der Waals surface area contributed by atoms with Gasteiger partial charge in [0.15, 0.2) is 5.76 Å². The van der Waals surface area contributed by atoms with Crippen molar-refractivity contribution >= 4 is 11.9 Å². The molecule has 0 spiro atoms. The lowest BCUT2D eigenvalue weighted by atomic mass is 9.94. The van der Waals surface area contributed by atoms with Gasteiger partial charge in [0.2, 0.25) is 0 Å². The Morgan fingerprint density at radius 2 is 1.82 bits per heavy atom. The van der Waals surface area contributed by atoms with Crippen LogP contribution < -0.4 is 5.32 Å². The quantitative estimate of drug-likeness (QED) is 0.664. The first-order valence-corrected chi connectivity index (χ1v) is 11.0. The molecule has 6 nitrogen and oxygen atoms in total. The predicted octanol–water partition coefficient (Wildman–Crippen LogP) is 4.77. The molecule has 1 aliphatic carbocycles. The van der Waals surface area contributed by atoms with Gasteiger partial charge in [-0.15, -0.1) is 0 Å². The predicted molar refractivity (Wildman–Crippen MR) is 116 cm³/mol. The number of aliphatic carboxylic acids is 1. The maximum Gasteiger partial charge on any atom is 0.490 e. The highest BCUT2D eigenvalue weighted by molar-refractivity contribution is 5.92. The van der Waals surface area contributed by atoms with Gasteiger partial charge in [0.05, 0.1) is 6.04 Å². The number of carboxylic acid groups (broad SMARTS) is 1. The second-order valence-corrected chi connectivity index (χ2v) is 8.80. The minimum atomic E-state index is -5.08. The summed E-state index contributed by atoms with van der Waals surface area (Å²) in [7, 11) is 0. The van der Waals surface area contributed by atoms with Crippen molar-refractivity contribution in [3.63, 3.8) is 0 Å². The highest BCUT2D eigenvalue weighted by Gasteiger charge is 2.46. The van der Waals surface area contributed by atoms with E-state index in [-0.39, 0.29) is 11.9 Å². The molecule has 1 unspecified atom stereocenters. The zero-order valence-corrected chi connectivity index (χ0v) is 18.9. The maximum absolute atomic E-state index is 12.7. The van der Waals surface area contributed by atoms with Gasteiger partial charge in [0.1, 0.15) is 5.76 Å². The van der Waals surface area contributed by atoms with Crippen LogP contribution in [0.15, 0.2) is 40.8 Å². The fourth-order valence-electron chi connectivity index (χ4n) is 4.62. The van der Waals surface area contributed by atoms with Crippen molar-refractivity contribution in [2.75, 3.05) is 19.6 Å². The topological polar surface area (TPSA) is 82.8 Å². The number of hydrogen-bond acceptors (Lipinski definition) is 4. The number of rotatable bonds is 5. The van der Waals surface area contributed by atoms with E-state index in [1.165, 1.54) is 17.5 Å². The number of likely N-dealkylation sites (tertiary alicyclic amines) is 1. The Hall–Kier alpha value is -2.81. The minimum Gasteiger partial charge on any atom is -0.475 e. The van der Waals surface area contributed by atoms with E-state index in [1.807, 2.05) is 13.0 Å². The van der Waals surface area contributed by atoms with Gasteiger partial charge in [0, 0.05) is 31.5 Å². The normalized spacial score (nSPS) is 22.7. The number of alkyl halides is 3. The van der Waals surface area contributed by atoms with Gasteiger partial charge in [-0.05, 0) is 36.1 Å². The molecule has 9 heteroatoms. The first-order valence-electron chi connectivity index (χ1n) is 11.0. The molecule has 180 valence electrons. The van der Waals surface area contributed by atoms with Crippen molar-refractivity contribution in [2.45, 2.75) is 45.3 Å². The van der Waals surface area contributed by atoms with Crippen LogP contribution in [0.2, 0.25) is 0 Å². The Balaban J connectivity index is 0.000000383. The molecule has 1 aliphatic heterocycles. The second-order valence-electron chi connectivity index (χ2n) is 8.80. The molecule has 2 N–H and O–H groups in total. The molecule has 2 aliphatic rings. The van der Waals surface area contributed by atoms with E-state index in [0.717, 1.165) is 25.4 Å². The minimum absolute atomic E-state index is 0.0658. The molecule has 0 radical (unpaired) electrons. The number of furan rings is 1. The van der Waals surface area contributed by atoms with Gasteiger partial charge in [-0.1, -0.05) is 44.5 Å². The molecule has 1 fully saturated rings. The number of halogens is 3. The first-order chi connectivity index (χ1) is 15.5. The Kier molecular flexibility index (Phi) is 7.51. The van der Waals surface area contributed by atoms with Crippen molar-refractivity contribution in [3.05, 3.63) is 59.0 Å². The van der Waals surface area contributed by atoms with E-state index in [0.29, 0.717) is 23.5 Å². The monoisotopic (exact) mass is 466 g/mol. The van der Waals surface area contributed by atoms with E-state index in [2.05, 4.69) is 48.3 Å². The fourth-order valence-corrected chi connectivity index (χ4v) is 4.62. The highest BCUT2D eigenvalue weighted by Crippen LogP contribution is 2.49. The van der Waals surface area contributed by atoms with Gasteiger partial charge < -0.3 is 19.7 Å². The molecule has 2 heterocycles. The summed E-state index contributed by atoms with van der Waals surface area (Å²) in [5.74, 6) is -0.0386. The molecule has 4 rings (SSSR count). The lowest BCUT2D eigenvalue weighted by Crippen LogP contribution is -2.34. The van der Waals surface area contributed by atoms with Crippen LogP contribution in [0.4, 0.5) is 13.2 Å². The third-order valence-electron chi connectivity index (χ3n) is 6.36. The number of carbonyl (C=O) groups is 2. The average molecular weight is 467 g/mol. The van der Waals surface area contributed by atoms with Crippen LogP contribution >= 0.6 is 0 Å². The second kappa shape index (κ2) is 9.99. The van der Waals surface area contributed by atoms with Gasteiger partial charge >= 0.3 is 12.1 Å². The molecule has 0 saturated carbocycles. The standard InChI is InChI=1S/C22H28N2O2.C2HF3O2/c1-4-14(2)11-24-12-18-16-7-5-6-8-17(16)21(19(18)13-24)23-22(25)20-10-9-15(3)26-20;3-2(4,5)1(6)7/h5-10,14,18-19,21H,4,11-13H2,1-3H3,(H,23,25);(H,6,7)/t14?,18-,19-,21+;/m0./s1. The lowest BCUT2D eigenvalue weighted by Gasteiger charge is -2.24. The molecule has 1 amide bonds. The summed E-state index contributed by atoms with van der Waals surface area (Å²) in [6.07, 6.45) is -3.87. The molecular formula is C24H29F3N2O4. The molecule has 0 bridgehead atoms. The Morgan fingerprint density at radius 3 is 2.36 bits per heavy atom. The highest BCUT2D eigenvalue weighted by atomic mass is 19.4. The summed E-state index contributed by atoms with van der Waals surface area (Å²) < 4.78 is 37.3. The van der Waals surface area contributed by atoms with Crippen LogP contribution in [0, 0.1) is 18.8 Å². The fraction of sp³-hybridized carbons (Fsp3) is 0.500. The number of hydrogen-bond donors (Lipinski definition) is 2. The van der Waals surface area contributed by atoms with Crippen molar-refractivity contribution in [1.82, 2.24) is 10.2 Å². The summed E-state index contributed by atoms with van der Waals surface area (Å²) in [5.41, 5.74) is 2.69. The molecular weight excluding hydrogens is 437 g/mol. The Bertz CT molecular complexity index is 988. The van der Waals surface area contributed by atoms with Crippen LogP contribution in [-0.2, 0) is 4.79 Å². The molecule has 2 aromatic rings. The van der Waals surface area contributed by atoms with E-state index in [4.69, 9.17) is 14.3 Å². The zero-order valence-electron chi connectivity index (χ0n) is 18.9. The van der Waals surface area contributed by atoms with Crippen molar-refractivity contribution in [1.29, 1.82) is 0 Å². The number of carboxylic acids is 1. The van der Waals surface area contributed by atoms with Gasteiger partial charge in [0.25, 0.3) is 5.91 Å². The number of carbonyl (C=O) groups excluding carboxylic acids is 1. The largest absolute Gasteiger partial charge is 0.490 e. The van der Waals surface area contributed by atoms with Crippen LogP contribution in [0.3, 0.4) is 0 Å². The van der Waals surface area contributed by atoms with Gasteiger partial charge in [-0.3, -0.25) is 4.79 Å². The van der Waals surface area contributed by atoms with E-state index < -0.39 is 12.1 Å². The van der Waals surface area contributed by atoms with Crippen LogP contribution in [-0.4, -0.2) is 47.7 Å². The van der Waals surface area contributed by atoms with E-state index in [9.17, 15) is 18.0 Å². The molecule has 33 heavy (non-hydrogen) atoms. The first kappa shape index (κ1) is 24.8. The van der Waals surface area contributed by atoms with Gasteiger partial charge in [-0.2, -0.15) is 13.2 Å².